The van der Waals surface area contributed by atoms with E-state index in [0.717, 1.165) is 0 Å². The molecule has 0 aliphatic carbocycles. The van der Waals surface area contributed by atoms with Gasteiger partial charge in [0.05, 0.1) is 6.61 Å². The van der Waals surface area contributed by atoms with Gasteiger partial charge in [0.2, 0.25) is 0 Å². The monoisotopic (exact) mass is 323 g/mol. The van der Waals surface area contributed by atoms with Crippen molar-refractivity contribution in [2.24, 2.45) is 0 Å². The minimum Gasteiger partial charge on any atom is -0.477 e. The highest BCUT2D eigenvalue weighted by Crippen LogP contribution is 2.33. The maximum Gasteiger partial charge on any atom is 0.326 e. The van der Waals surface area contributed by atoms with Crippen LogP contribution in [0.4, 0.5) is 11.6 Å². The molecule has 2 unspecified atom stereocenters. The molecule has 2 N–H and O–H groups in total. The number of nitrogens with zero attached hydrogens (tertiary/aromatic N) is 2. The van der Waals surface area contributed by atoms with E-state index in [-0.39, 0.29) is 30.7 Å². The molecule has 23 heavy (non-hydrogen) atoms. The Morgan fingerprint density at radius 2 is 2.26 bits per heavy atom. The number of rotatable bonds is 6. The van der Waals surface area contributed by atoms with E-state index in [2.05, 4.69) is 4.98 Å². The molecule has 1 amide bonds. The van der Waals surface area contributed by atoms with Gasteiger partial charge < -0.3 is 19.9 Å². The van der Waals surface area contributed by atoms with Crippen molar-refractivity contribution in [3.8, 4) is 5.75 Å². The normalized spacial score (nSPS) is 18.1. The molecule has 2 atom stereocenters. The third kappa shape index (κ3) is 3.89. The van der Waals surface area contributed by atoms with E-state index in [1.54, 1.807) is 19.1 Å². The number of nitrogen functional groups attached to an aromatic ring is 1. The smallest absolute Gasteiger partial charge is 0.326 e. The van der Waals surface area contributed by atoms with Gasteiger partial charge in [-0.25, -0.2) is 4.98 Å². The molecule has 2 rings (SSSR count). The van der Waals surface area contributed by atoms with Crippen LogP contribution in [0.3, 0.4) is 0 Å². The Morgan fingerprint density at radius 3 is 2.91 bits per heavy atom. The number of pyridine rings is 1. The van der Waals surface area contributed by atoms with Crippen molar-refractivity contribution in [1.82, 2.24) is 4.98 Å². The Kier molecular flexibility index (Phi) is 5.38. The lowest BCUT2D eigenvalue weighted by molar-refractivity contribution is -0.150. The Hall–Kier alpha value is -2.35. The Morgan fingerprint density at radius 1 is 1.52 bits per heavy atom. The molecule has 0 bridgehead atoms. The van der Waals surface area contributed by atoms with Crippen molar-refractivity contribution in [3.05, 3.63) is 12.1 Å². The SMILES string of the molecule is CCC1Oc2ccc(N)nc2N(CC(=O)OC(C)COC)C1=O. The molecule has 1 aliphatic rings. The van der Waals surface area contributed by atoms with Crippen molar-refractivity contribution in [1.29, 1.82) is 0 Å². The van der Waals surface area contributed by atoms with E-state index in [9.17, 15) is 9.59 Å². The maximum atomic E-state index is 12.5. The van der Waals surface area contributed by atoms with Gasteiger partial charge in [-0.05, 0) is 25.5 Å². The standard InChI is InChI=1S/C15H21N3O5/c1-4-10-15(20)18(7-13(19)22-9(2)8-21-3)14-11(23-10)5-6-12(16)17-14/h5-6,9-10H,4,7-8H2,1-3H3,(H2,16,17). The molecule has 8 nitrogen and oxygen atoms in total. The molecular formula is C15H21N3O5. The zero-order chi connectivity index (χ0) is 17.0. The van der Waals surface area contributed by atoms with E-state index in [1.165, 1.54) is 12.0 Å². The van der Waals surface area contributed by atoms with Gasteiger partial charge in [0.15, 0.2) is 17.7 Å². The second kappa shape index (κ2) is 7.28. The highest BCUT2D eigenvalue weighted by atomic mass is 16.6. The highest BCUT2D eigenvalue weighted by Gasteiger charge is 2.36. The number of carbonyl (C=O) groups excluding carboxylic acids is 2. The molecule has 0 fully saturated rings. The number of fused-ring (bicyclic) bond motifs is 1. The molecule has 1 aromatic heterocycles. The van der Waals surface area contributed by atoms with Crippen LogP contribution in [0.25, 0.3) is 0 Å². The molecular weight excluding hydrogens is 302 g/mol. The van der Waals surface area contributed by atoms with Gasteiger partial charge in [-0.2, -0.15) is 0 Å². The third-order valence-corrected chi connectivity index (χ3v) is 3.32. The van der Waals surface area contributed by atoms with Gasteiger partial charge >= 0.3 is 5.97 Å². The van der Waals surface area contributed by atoms with Gasteiger partial charge in [0, 0.05) is 7.11 Å². The molecule has 0 spiro atoms. The number of hydrogen-bond acceptors (Lipinski definition) is 7. The number of carbonyl (C=O) groups is 2. The summed E-state index contributed by atoms with van der Waals surface area (Å²) in [5.74, 6) is 0.00456. The largest absolute Gasteiger partial charge is 0.477 e. The van der Waals surface area contributed by atoms with Crippen LogP contribution in [0.1, 0.15) is 20.3 Å². The summed E-state index contributed by atoms with van der Waals surface area (Å²) in [6.45, 7) is 3.56. The first kappa shape index (κ1) is 17.0. The van der Waals surface area contributed by atoms with Crippen LogP contribution in [0.5, 0.6) is 5.75 Å². The summed E-state index contributed by atoms with van der Waals surface area (Å²) in [4.78, 5) is 29.9. The van der Waals surface area contributed by atoms with Crippen LogP contribution in [0.2, 0.25) is 0 Å². The molecule has 8 heteroatoms. The summed E-state index contributed by atoms with van der Waals surface area (Å²) >= 11 is 0. The predicted molar refractivity (Wildman–Crippen MR) is 83.1 cm³/mol. The van der Waals surface area contributed by atoms with Crippen molar-refractivity contribution in [3.63, 3.8) is 0 Å². The van der Waals surface area contributed by atoms with Crippen LogP contribution in [-0.4, -0.2) is 49.3 Å². The predicted octanol–water partition coefficient (Wildman–Crippen LogP) is 0.746. The van der Waals surface area contributed by atoms with Gasteiger partial charge in [-0.1, -0.05) is 6.92 Å². The summed E-state index contributed by atoms with van der Waals surface area (Å²) in [6, 6.07) is 3.22. The number of hydrogen-bond donors (Lipinski definition) is 1. The molecule has 0 radical (unpaired) electrons. The lowest BCUT2D eigenvalue weighted by atomic mass is 10.2. The first-order valence-electron chi connectivity index (χ1n) is 7.39. The molecule has 1 aliphatic heterocycles. The molecule has 126 valence electrons. The fraction of sp³-hybridized carbons (Fsp3) is 0.533. The zero-order valence-electron chi connectivity index (χ0n) is 13.4. The first-order chi connectivity index (χ1) is 11.0. The highest BCUT2D eigenvalue weighted by molar-refractivity contribution is 6.02. The van der Waals surface area contributed by atoms with Crippen molar-refractivity contribution < 1.29 is 23.8 Å². The van der Waals surface area contributed by atoms with Crippen molar-refractivity contribution in [2.75, 3.05) is 30.9 Å². The summed E-state index contributed by atoms with van der Waals surface area (Å²) < 4.78 is 15.7. The van der Waals surface area contributed by atoms with Crippen LogP contribution < -0.4 is 15.4 Å². The second-order valence-electron chi connectivity index (χ2n) is 5.25. The van der Waals surface area contributed by atoms with E-state index >= 15 is 0 Å². The number of anilines is 2. The quantitative estimate of drug-likeness (QED) is 0.770. The average Bonchev–Trinajstić information content (AvgIpc) is 2.50. The number of nitrogens with two attached hydrogens (primary N) is 1. The van der Waals surface area contributed by atoms with E-state index in [1.807, 2.05) is 6.92 Å². The van der Waals surface area contributed by atoms with Gasteiger partial charge in [0.1, 0.15) is 18.5 Å². The topological polar surface area (TPSA) is 104 Å². The minimum atomic E-state index is -0.655. The second-order valence-corrected chi connectivity index (χ2v) is 5.25. The maximum absolute atomic E-state index is 12.5. The number of ether oxygens (including phenoxy) is 3. The average molecular weight is 323 g/mol. The lowest BCUT2D eigenvalue weighted by Gasteiger charge is -2.32. The van der Waals surface area contributed by atoms with Gasteiger partial charge in [0.25, 0.3) is 5.91 Å². The summed E-state index contributed by atoms with van der Waals surface area (Å²) in [5.41, 5.74) is 5.67. The first-order valence-corrected chi connectivity index (χ1v) is 7.39. The molecule has 0 saturated carbocycles. The van der Waals surface area contributed by atoms with Crippen LogP contribution in [-0.2, 0) is 19.1 Å². The number of esters is 1. The third-order valence-electron chi connectivity index (χ3n) is 3.32. The van der Waals surface area contributed by atoms with Crippen molar-refractivity contribution >= 4 is 23.5 Å². The summed E-state index contributed by atoms with van der Waals surface area (Å²) in [7, 11) is 1.52. The van der Waals surface area contributed by atoms with Gasteiger partial charge in [-0.15, -0.1) is 0 Å². The summed E-state index contributed by atoms with van der Waals surface area (Å²) in [6.07, 6.45) is -0.579. The fourth-order valence-electron chi connectivity index (χ4n) is 2.29. The number of methoxy groups -OCH3 is 1. The molecule has 1 aromatic rings. The Labute approximate surface area is 134 Å². The number of amides is 1. The number of aromatic nitrogens is 1. The van der Waals surface area contributed by atoms with Crippen LogP contribution >= 0.6 is 0 Å². The van der Waals surface area contributed by atoms with Crippen molar-refractivity contribution in [2.45, 2.75) is 32.5 Å². The van der Waals surface area contributed by atoms with Gasteiger partial charge in [-0.3, -0.25) is 14.5 Å². The van der Waals surface area contributed by atoms with E-state index in [0.29, 0.717) is 12.2 Å². The lowest BCUT2D eigenvalue weighted by Crippen LogP contribution is -2.48. The summed E-state index contributed by atoms with van der Waals surface area (Å²) in [5, 5.41) is 0. The van der Waals surface area contributed by atoms with E-state index < -0.39 is 18.2 Å². The molecule has 2 heterocycles. The zero-order valence-corrected chi connectivity index (χ0v) is 13.4. The minimum absolute atomic E-state index is 0.232. The fourth-order valence-corrected chi connectivity index (χ4v) is 2.29. The van der Waals surface area contributed by atoms with E-state index in [4.69, 9.17) is 19.9 Å². The molecule has 0 saturated heterocycles. The van der Waals surface area contributed by atoms with Crippen LogP contribution in [0, 0.1) is 0 Å². The molecule has 0 aromatic carbocycles. The Balaban J connectivity index is 2.20. The Bertz CT molecular complexity index is 592. The van der Waals surface area contributed by atoms with Crippen LogP contribution in [0.15, 0.2) is 12.1 Å².